The molecule has 0 spiro atoms. The number of rotatable bonds is 8. The fourth-order valence-electron chi connectivity index (χ4n) is 3.40. The highest BCUT2D eigenvalue weighted by molar-refractivity contribution is 7.89. The molecule has 2 aromatic rings. The molecule has 1 aliphatic rings. The van der Waals surface area contributed by atoms with Gasteiger partial charge in [0, 0.05) is 38.9 Å². The highest BCUT2D eigenvalue weighted by atomic mass is 35.5. The van der Waals surface area contributed by atoms with Gasteiger partial charge in [0.1, 0.15) is 11.6 Å². The summed E-state index contributed by atoms with van der Waals surface area (Å²) in [5, 5.41) is 10.5. The number of aromatic nitrogens is 3. The van der Waals surface area contributed by atoms with Gasteiger partial charge in [-0.05, 0) is 31.0 Å². The first kappa shape index (κ1) is 24.5. The second-order valence-electron chi connectivity index (χ2n) is 7.38. The lowest BCUT2D eigenvalue weighted by molar-refractivity contribution is -0.137. The first-order chi connectivity index (χ1) is 15.1. The number of sulfonamides is 1. The molecule has 0 saturated carbocycles. The number of benzene rings is 1. The number of nitrogens with zero attached hydrogens (tertiary/aromatic N) is 3. The molecule has 1 aliphatic heterocycles. The van der Waals surface area contributed by atoms with Crippen molar-refractivity contribution in [3.63, 3.8) is 0 Å². The molecule has 176 valence electrons. The zero-order valence-electron chi connectivity index (χ0n) is 17.1. The minimum Gasteiger partial charge on any atom is -0.356 e. The number of carbonyl (C=O) groups is 1. The van der Waals surface area contributed by atoms with Crippen LogP contribution in [0.1, 0.15) is 42.9 Å². The summed E-state index contributed by atoms with van der Waals surface area (Å²) in [6.07, 6.45) is -0.293. The van der Waals surface area contributed by atoms with Crippen LogP contribution in [-0.2, 0) is 40.4 Å². The lowest BCUT2D eigenvalue weighted by atomic mass is 10.2. The summed E-state index contributed by atoms with van der Waals surface area (Å²) in [5.41, 5.74) is -1.24. The van der Waals surface area contributed by atoms with Gasteiger partial charge in [-0.2, -0.15) is 13.2 Å². The van der Waals surface area contributed by atoms with Gasteiger partial charge in [0.25, 0.3) is 0 Å². The summed E-state index contributed by atoms with van der Waals surface area (Å²) in [6, 6.07) is 2.31. The van der Waals surface area contributed by atoms with Crippen molar-refractivity contribution in [2.75, 3.05) is 13.1 Å². The lowest BCUT2D eigenvalue weighted by Crippen LogP contribution is -2.32. The van der Waals surface area contributed by atoms with Gasteiger partial charge in [-0.15, -0.1) is 10.2 Å². The third kappa shape index (κ3) is 6.20. The standard InChI is InChI=1S/C19H23ClF3N5O3S/c20-15-6-5-13(12-14(15)19(21,22)23)32(30,31)25-10-8-18(29)24-9-7-17-27-26-16-4-2-1-3-11-28(16)17/h5-6,12,25H,1-4,7-11H2,(H,24,29). The molecule has 1 amide bonds. The summed E-state index contributed by atoms with van der Waals surface area (Å²) in [7, 11) is -4.24. The van der Waals surface area contributed by atoms with Crippen LogP contribution in [0.2, 0.25) is 5.02 Å². The van der Waals surface area contributed by atoms with E-state index in [1.807, 2.05) is 0 Å². The summed E-state index contributed by atoms with van der Waals surface area (Å²) in [4.78, 5) is 11.4. The Labute approximate surface area is 188 Å². The van der Waals surface area contributed by atoms with E-state index in [0.29, 0.717) is 19.0 Å². The molecular weight excluding hydrogens is 471 g/mol. The maximum absolute atomic E-state index is 12.9. The van der Waals surface area contributed by atoms with Crippen LogP contribution in [0.4, 0.5) is 13.2 Å². The summed E-state index contributed by atoms with van der Waals surface area (Å²) < 4.78 is 67.6. The normalized spacial score (nSPS) is 14.6. The largest absolute Gasteiger partial charge is 0.417 e. The zero-order chi connectivity index (χ0) is 23.4. The Morgan fingerprint density at radius 1 is 1.16 bits per heavy atom. The number of hydrogen-bond acceptors (Lipinski definition) is 5. The minimum absolute atomic E-state index is 0.170. The molecule has 8 nitrogen and oxygen atoms in total. The van der Waals surface area contributed by atoms with Crippen molar-refractivity contribution >= 4 is 27.5 Å². The Balaban J connectivity index is 1.47. The number of fused-ring (bicyclic) bond motifs is 1. The van der Waals surface area contributed by atoms with E-state index < -0.39 is 37.6 Å². The van der Waals surface area contributed by atoms with Gasteiger partial charge in [0.2, 0.25) is 15.9 Å². The van der Waals surface area contributed by atoms with Crippen LogP contribution < -0.4 is 10.0 Å². The van der Waals surface area contributed by atoms with Gasteiger partial charge in [-0.25, -0.2) is 13.1 Å². The minimum atomic E-state index is -4.79. The van der Waals surface area contributed by atoms with Crippen LogP contribution in [0.25, 0.3) is 0 Å². The van der Waals surface area contributed by atoms with E-state index in [1.54, 1.807) is 0 Å². The number of alkyl halides is 3. The highest BCUT2D eigenvalue weighted by Gasteiger charge is 2.34. The summed E-state index contributed by atoms with van der Waals surface area (Å²) in [5.74, 6) is 1.36. The average molecular weight is 494 g/mol. The molecule has 0 fully saturated rings. The second-order valence-corrected chi connectivity index (χ2v) is 9.56. The molecule has 13 heteroatoms. The zero-order valence-corrected chi connectivity index (χ0v) is 18.7. The molecule has 0 bridgehead atoms. The number of aryl methyl sites for hydroxylation is 1. The third-order valence-corrected chi connectivity index (χ3v) is 6.84. The van der Waals surface area contributed by atoms with Crippen molar-refractivity contribution in [1.29, 1.82) is 0 Å². The molecule has 0 atom stereocenters. The van der Waals surface area contributed by atoms with Crippen LogP contribution in [0.15, 0.2) is 23.1 Å². The van der Waals surface area contributed by atoms with Gasteiger partial charge < -0.3 is 9.88 Å². The van der Waals surface area contributed by atoms with Crippen LogP contribution in [0, 0.1) is 0 Å². The topological polar surface area (TPSA) is 106 Å². The number of amides is 1. The molecule has 1 aromatic carbocycles. The van der Waals surface area contributed by atoms with Gasteiger partial charge in [-0.3, -0.25) is 4.79 Å². The maximum Gasteiger partial charge on any atom is 0.417 e. The number of halogens is 4. The van der Waals surface area contributed by atoms with Crippen molar-refractivity contribution in [2.45, 2.75) is 56.1 Å². The number of carbonyl (C=O) groups excluding carboxylic acids is 1. The molecular formula is C19H23ClF3N5O3S. The second kappa shape index (κ2) is 10.2. The van der Waals surface area contributed by atoms with E-state index in [2.05, 4.69) is 24.8 Å². The Kier molecular flexibility index (Phi) is 7.78. The molecule has 0 aliphatic carbocycles. The Bertz CT molecular complexity index is 1070. The Morgan fingerprint density at radius 3 is 2.69 bits per heavy atom. The molecule has 0 saturated heterocycles. The summed E-state index contributed by atoms with van der Waals surface area (Å²) >= 11 is 5.51. The first-order valence-electron chi connectivity index (χ1n) is 10.1. The molecule has 2 N–H and O–H groups in total. The van der Waals surface area contributed by atoms with Crippen LogP contribution in [0.5, 0.6) is 0 Å². The van der Waals surface area contributed by atoms with Crippen molar-refractivity contribution in [2.24, 2.45) is 0 Å². The van der Waals surface area contributed by atoms with Crippen molar-refractivity contribution in [3.05, 3.63) is 40.4 Å². The van der Waals surface area contributed by atoms with Crippen molar-refractivity contribution in [1.82, 2.24) is 24.8 Å². The molecule has 3 rings (SSSR count). The van der Waals surface area contributed by atoms with E-state index in [-0.39, 0.29) is 13.0 Å². The Morgan fingerprint density at radius 2 is 1.94 bits per heavy atom. The van der Waals surface area contributed by atoms with Gasteiger partial charge in [0.15, 0.2) is 0 Å². The smallest absolute Gasteiger partial charge is 0.356 e. The van der Waals surface area contributed by atoms with Crippen LogP contribution in [0.3, 0.4) is 0 Å². The summed E-state index contributed by atoms with van der Waals surface area (Å²) in [6.45, 7) is 0.905. The van der Waals surface area contributed by atoms with E-state index in [0.717, 1.165) is 56.0 Å². The van der Waals surface area contributed by atoms with Crippen LogP contribution >= 0.6 is 11.6 Å². The average Bonchev–Trinajstić information content (AvgIpc) is 2.93. The molecule has 0 unspecified atom stereocenters. The molecule has 32 heavy (non-hydrogen) atoms. The molecule has 1 aromatic heterocycles. The predicted molar refractivity (Wildman–Crippen MR) is 111 cm³/mol. The van der Waals surface area contributed by atoms with E-state index in [9.17, 15) is 26.4 Å². The Hall–Kier alpha value is -2.18. The van der Waals surface area contributed by atoms with Crippen LogP contribution in [-0.4, -0.2) is 42.2 Å². The van der Waals surface area contributed by atoms with E-state index >= 15 is 0 Å². The highest BCUT2D eigenvalue weighted by Crippen LogP contribution is 2.35. The number of hydrogen-bond donors (Lipinski definition) is 2. The number of nitrogens with one attached hydrogen (secondary N) is 2. The molecule has 2 heterocycles. The third-order valence-electron chi connectivity index (χ3n) is 5.05. The van der Waals surface area contributed by atoms with Crippen molar-refractivity contribution in [3.8, 4) is 0 Å². The fraction of sp³-hybridized carbons (Fsp3) is 0.526. The molecule has 0 radical (unpaired) electrons. The van der Waals surface area contributed by atoms with E-state index in [4.69, 9.17) is 11.6 Å². The quantitative estimate of drug-likeness (QED) is 0.588. The van der Waals surface area contributed by atoms with E-state index in [1.165, 1.54) is 0 Å². The maximum atomic E-state index is 12.9. The van der Waals surface area contributed by atoms with Gasteiger partial charge >= 0.3 is 6.18 Å². The fourth-order valence-corrected chi connectivity index (χ4v) is 4.69. The monoisotopic (exact) mass is 493 g/mol. The lowest BCUT2D eigenvalue weighted by Gasteiger charge is -2.12. The predicted octanol–water partition coefficient (Wildman–Crippen LogP) is 2.70. The van der Waals surface area contributed by atoms with Crippen molar-refractivity contribution < 1.29 is 26.4 Å². The SMILES string of the molecule is O=C(CCNS(=O)(=O)c1ccc(Cl)c(C(F)(F)F)c1)NCCc1nnc2n1CCCCC2. The van der Waals surface area contributed by atoms with Gasteiger partial charge in [-0.1, -0.05) is 18.0 Å². The first-order valence-corrected chi connectivity index (χ1v) is 12.0. The van der Waals surface area contributed by atoms with Gasteiger partial charge in [0.05, 0.1) is 15.5 Å².